The van der Waals surface area contributed by atoms with E-state index in [1.165, 1.54) is 5.56 Å². The van der Waals surface area contributed by atoms with Gasteiger partial charge in [-0.15, -0.1) is 0 Å². The molecule has 2 aromatic carbocycles. The van der Waals surface area contributed by atoms with Gasteiger partial charge < -0.3 is 5.32 Å². The lowest BCUT2D eigenvalue weighted by Gasteiger charge is -2.14. The first kappa shape index (κ1) is 15.3. The molecule has 0 aliphatic carbocycles. The minimum absolute atomic E-state index is 0.0711. The largest absolute Gasteiger partial charge is 0.315 e. The first-order chi connectivity index (χ1) is 10.3. The summed E-state index contributed by atoms with van der Waals surface area (Å²) in [6.07, 6.45) is 1.08. The third-order valence-electron chi connectivity index (χ3n) is 3.83. The molecule has 0 saturated carbocycles. The molecule has 2 heteroatoms. The van der Waals surface area contributed by atoms with Crippen LogP contribution in [0.25, 0.3) is 0 Å². The number of nitrogens with one attached hydrogen (secondary N) is 1. The smallest absolute Gasteiger partial charge is 0.0837 e. The van der Waals surface area contributed by atoms with Gasteiger partial charge in [-0.3, -0.25) is 0 Å². The van der Waals surface area contributed by atoms with Crippen LogP contribution in [0.5, 0.6) is 0 Å². The van der Waals surface area contributed by atoms with Crippen molar-refractivity contribution in [1.82, 2.24) is 5.32 Å². The molecule has 0 radical (unpaired) electrons. The van der Waals surface area contributed by atoms with Crippen molar-refractivity contribution in [1.29, 1.82) is 5.26 Å². The summed E-state index contributed by atoms with van der Waals surface area (Å²) in [5, 5.41) is 12.7. The second-order valence-corrected chi connectivity index (χ2v) is 5.40. The summed E-state index contributed by atoms with van der Waals surface area (Å²) < 4.78 is 0. The Morgan fingerprint density at radius 3 is 2.10 bits per heavy atom. The Labute approximate surface area is 127 Å². The Morgan fingerprint density at radius 2 is 1.52 bits per heavy atom. The van der Waals surface area contributed by atoms with Crippen LogP contribution in [0.4, 0.5) is 0 Å². The lowest BCUT2D eigenvalue weighted by molar-refractivity contribution is 0.581. The zero-order valence-corrected chi connectivity index (χ0v) is 12.5. The molecule has 0 fully saturated rings. The average molecular weight is 278 g/mol. The van der Waals surface area contributed by atoms with Gasteiger partial charge in [-0.05, 0) is 30.0 Å². The van der Waals surface area contributed by atoms with Crippen molar-refractivity contribution in [2.24, 2.45) is 0 Å². The van der Waals surface area contributed by atoms with Crippen LogP contribution >= 0.6 is 0 Å². The predicted molar refractivity (Wildman–Crippen MR) is 87.1 cm³/mol. The Morgan fingerprint density at radius 1 is 0.952 bits per heavy atom. The summed E-state index contributed by atoms with van der Waals surface area (Å²) in [5.74, 6) is 0.467. The molecule has 0 bridgehead atoms. The van der Waals surface area contributed by atoms with E-state index in [2.05, 4.69) is 42.6 Å². The highest BCUT2D eigenvalue weighted by Crippen LogP contribution is 2.18. The molecule has 1 N–H and O–H groups in total. The number of nitrogens with zero attached hydrogens (tertiary/aromatic N) is 1. The topological polar surface area (TPSA) is 35.8 Å². The second kappa shape index (κ2) is 8.24. The van der Waals surface area contributed by atoms with Crippen molar-refractivity contribution in [3.05, 3.63) is 71.8 Å². The summed E-state index contributed by atoms with van der Waals surface area (Å²) in [4.78, 5) is 0. The van der Waals surface area contributed by atoms with E-state index in [0.29, 0.717) is 12.5 Å². The highest BCUT2D eigenvalue weighted by molar-refractivity contribution is 5.25. The molecule has 2 aromatic rings. The van der Waals surface area contributed by atoms with Crippen molar-refractivity contribution in [2.45, 2.75) is 25.2 Å². The van der Waals surface area contributed by atoms with Gasteiger partial charge in [0, 0.05) is 6.54 Å². The first-order valence-electron chi connectivity index (χ1n) is 7.51. The van der Waals surface area contributed by atoms with Gasteiger partial charge in [0.15, 0.2) is 0 Å². The van der Waals surface area contributed by atoms with Gasteiger partial charge in [-0.25, -0.2) is 0 Å². The Kier molecular flexibility index (Phi) is 5.99. The van der Waals surface area contributed by atoms with Crippen LogP contribution in [-0.2, 0) is 0 Å². The van der Waals surface area contributed by atoms with Gasteiger partial charge >= 0.3 is 0 Å². The predicted octanol–water partition coefficient (Wildman–Crippen LogP) is 4.08. The zero-order valence-electron chi connectivity index (χ0n) is 12.5. The molecule has 2 nitrogen and oxygen atoms in total. The van der Waals surface area contributed by atoms with E-state index in [0.717, 1.165) is 18.5 Å². The van der Waals surface area contributed by atoms with Crippen molar-refractivity contribution in [3.8, 4) is 6.07 Å². The summed E-state index contributed by atoms with van der Waals surface area (Å²) in [6, 6.07) is 22.9. The van der Waals surface area contributed by atoms with Gasteiger partial charge in [0.2, 0.25) is 0 Å². The van der Waals surface area contributed by atoms with E-state index in [4.69, 9.17) is 0 Å². The molecule has 108 valence electrons. The molecule has 0 spiro atoms. The Hall–Kier alpha value is -2.11. The van der Waals surface area contributed by atoms with E-state index >= 15 is 0 Å². The highest BCUT2D eigenvalue weighted by Gasteiger charge is 2.10. The van der Waals surface area contributed by atoms with Crippen molar-refractivity contribution in [3.63, 3.8) is 0 Å². The SMILES string of the molecule is CC(CCNCC(C#N)c1ccccc1)c1ccccc1. The summed E-state index contributed by atoms with van der Waals surface area (Å²) in [5.41, 5.74) is 2.46. The number of nitriles is 1. The van der Waals surface area contributed by atoms with E-state index < -0.39 is 0 Å². The van der Waals surface area contributed by atoms with Crippen LogP contribution in [-0.4, -0.2) is 13.1 Å². The Bertz CT molecular complexity index is 557. The minimum Gasteiger partial charge on any atom is -0.315 e. The fourth-order valence-electron chi connectivity index (χ4n) is 2.44. The molecule has 2 unspecified atom stereocenters. The maximum absolute atomic E-state index is 9.28. The highest BCUT2D eigenvalue weighted by atomic mass is 14.9. The molecule has 0 aliphatic heterocycles. The molecule has 2 atom stereocenters. The van der Waals surface area contributed by atoms with Crippen molar-refractivity contribution in [2.75, 3.05) is 13.1 Å². The summed E-state index contributed by atoms with van der Waals surface area (Å²) in [6.45, 7) is 3.89. The van der Waals surface area contributed by atoms with E-state index in [-0.39, 0.29) is 5.92 Å². The van der Waals surface area contributed by atoms with Gasteiger partial charge in [-0.1, -0.05) is 67.6 Å². The van der Waals surface area contributed by atoms with Crippen LogP contribution in [0, 0.1) is 11.3 Å². The molecule has 0 aliphatic rings. The molecule has 0 saturated heterocycles. The molecule has 0 heterocycles. The lowest BCUT2D eigenvalue weighted by atomic mass is 9.97. The van der Waals surface area contributed by atoms with Crippen LogP contribution in [0.15, 0.2) is 60.7 Å². The third kappa shape index (κ3) is 4.73. The van der Waals surface area contributed by atoms with Gasteiger partial charge in [0.05, 0.1) is 12.0 Å². The van der Waals surface area contributed by atoms with Crippen LogP contribution in [0.1, 0.15) is 36.3 Å². The van der Waals surface area contributed by atoms with Crippen LogP contribution in [0.3, 0.4) is 0 Å². The molecule has 2 rings (SSSR count). The number of hydrogen-bond donors (Lipinski definition) is 1. The maximum atomic E-state index is 9.28. The monoisotopic (exact) mass is 278 g/mol. The van der Waals surface area contributed by atoms with E-state index in [9.17, 15) is 5.26 Å². The number of benzene rings is 2. The summed E-state index contributed by atoms with van der Waals surface area (Å²) >= 11 is 0. The molecular weight excluding hydrogens is 256 g/mol. The fraction of sp³-hybridized carbons (Fsp3) is 0.316. The second-order valence-electron chi connectivity index (χ2n) is 5.40. The minimum atomic E-state index is -0.0711. The first-order valence-corrected chi connectivity index (χ1v) is 7.51. The van der Waals surface area contributed by atoms with Gasteiger partial charge in [-0.2, -0.15) is 5.26 Å². The Balaban J connectivity index is 1.75. The maximum Gasteiger partial charge on any atom is 0.0837 e. The number of hydrogen-bond acceptors (Lipinski definition) is 2. The van der Waals surface area contributed by atoms with E-state index in [1.807, 2.05) is 36.4 Å². The third-order valence-corrected chi connectivity index (χ3v) is 3.83. The number of rotatable bonds is 7. The van der Waals surface area contributed by atoms with Crippen LogP contribution in [0.2, 0.25) is 0 Å². The average Bonchev–Trinajstić information content (AvgIpc) is 2.56. The van der Waals surface area contributed by atoms with Crippen molar-refractivity contribution < 1.29 is 0 Å². The quantitative estimate of drug-likeness (QED) is 0.775. The molecule has 0 aromatic heterocycles. The van der Waals surface area contributed by atoms with Gasteiger partial charge in [0.25, 0.3) is 0 Å². The van der Waals surface area contributed by atoms with Gasteiger partial charge in [0.1, 0.15) is 0 Å². The standard InChI is InChI=1S/C19H22N2/c1-16(17-8-4-2-5-9-17)12-13-21-15-19(14-20)18-10-6-3-7-11-18/h2-11,16,19,21H,12-13,15H2,1H3. The zero-order chi connectivity index (χ0) is 14.9. The fourth-order valence-corrected chi connectivity index (χ4v) is 2.44. The normalized spacial score (nSPS) is 13.3. The summed E-state index contributed by atoms with van der Waals surface area (Å²) in [7, 11) is 0. The van der Waals surface area contributed by atoms with Crippen LogP contribution < -0.4 is 5.32 Å². The lowest BCUT2D eigenvalue weighted by Crippen LogP contribution is -2.23. The molecule has 21 heavy (non-hydrogen) atoms. The van der Waals surface area contributed by atoms with E-state index in [1.54, 1.807) is 0 Å². The van der Waals surface area contributed by atoms with Crippen molar-refractivity contribution >= 4 is 0 Å². The molecular formula is C19H22N2. The molecule has 0 amide bonds.